The van der Waals surface area contributed by atoms with Crippen molar-refractivity contribution in [2.24, 2.45) is 0 Å². The van der Waals surface area contributed by atoms with Gasteiger partial charge in [0.2, 0.25) is 0 Å². The highest BCUT2D eigenvalue weighted by Crippen LogP contribution is 2.25. The molecule has 0 saturated carbocycles. The van der Waals surface area contributed by atoms with E-state index in [9.17, 15) is 0 Å². The van der Waals surface area contributed by atoms with Crippen molar-refractivity contribution in [3.63, 3.8) is 0 Å². The van der Waals surface area contributed by atoms with Crippen molar-refractivity contribution in [3.8, 4) is 11.5 Å². The third-order valence-electron chi connectivity index (χ3n) is 3.89. The predicted octanol–water partition coefficient (Wildman–Crippen LogP) is 4.15. The second kappa shape index (κ2) is 6.06. The quantitative estimate of drug-likeness (QED) is 0.724. The zero-order valence-electron chi connectivity index (χ0n) is 13.1. The maximum atomic E-state index is 5.32. The van der Waals surface area contributed by atoms with Crippen molar-refractivity contribution in [2.75, 3.05) is 14.2 Å². The lowest BCUT2D eigenvalue weighted by atomic mass is 10.00. The number of aromatic nitrogens is 1. The molecule has 0 bridgehead atoms. The van der Waals surface area contributed by atoms with Crippen molar-refractivity contribution in [2.45, 2.75) is 13.3 Å². The molecule has 0 radical (unpaired) electrons. The molecule has 3 aromatic rings. The predicted molar refractivity (Wildman–Crippen MR) is 88.8 cm³/mol. The van der Waals surface area contributed by atoms with Gasteiger partial charge in [-0.1, -0.05) is 12.1 Å². The first-order valence-corrected chi connectivity index (χ1v) is 7.26. The van der Waals surface area contributed by atoms with Gasteiger partial charge in [0.1, 0.15) is 11.5 Å². The Balaban J connectivity index is 1.98. The first kappa shape index (κ1) is 14.4. The fourth-order valence-electron chi connectivity index (χ4n) is 2.74. The fourth-order valence-corrected chi connectivity index (χ4v) is 2.74. The maximum absolute atomic E-state index is 5.32. The van der Waals surface area contributed by atoms with Gasteiger partial charge in [-0.2, -0.15) is 0 Å². The first-order chi connectivity index (χ1) is 10.7. The molecule has 0 aliphatic heterocycles. The Morgan fingerprint density at radius 1 is 0.955 bits per heavy atom. The largest absolute Gasteiger partial charge is 0.497 e. The first-order valence-electron chi connectivity index (χ1n) is 7.26. The van der Waals surface area contributed by atoms with Crippen LogP contribution in [0.5, 0.6) is 11.5 Å². The zero-order chi connectivity index (χ0) is 15.5. The molecule has 0 amide bonds. The number of nitrogens with zero attached hydrogens (tertiary/aromatic N) is 1. The lowest BCUT2D eigenvalue weighted by Gasteiger charge is -2.10. The van der Waals surface area contributed by atoms with E-state index in [4.69, 9.17) is 9.47 Å². The highest BCUT2D eigenvalue weighted by molar-refractivity contribution is 5.83. The molecule has 1 aromatic heterocycles. The van der Waals surface area contributed by atoms with E-state index in [-0.39, 0.29) is 0 Å². The molecule has 0 aliphatic rings. The van der Waals surface area contributed by atoms with Crippen LogP contribution in [0.25, 0.3) is 10.9 Å². The van der Waals surface area contributed by atoms with E-state index in [1.54, 1.807) is 14.2 Å². The number of benzene rings is 2. The minimum atomic E-state index is 0.831. The van der Waals surface area contributed by atoms with Crippen LogP contribution in [0, 0.1) is 6.92 Å². The van der Waals surface area contributed by atoms with Gasteiger partial charge in [-0.3, -0.25) is 4.98 Å². The molecule has 0 atom stereocenters. The van der Waals surface area contributed by atoms with Crippen LogP contribution in [0.4, 0.5) is 0 Å². The number of hydrogen-bond acceptors (Lipinski definition) is 3. The van der Waals surface area contributed by atoms with Crippen molar-refractivity contribution in [1.82, 2.24) is 4.98 Å². The second-order valence-corrected chi connectivity index (χ2v) is 5.33. The van der Waals surface area contributed by atoms with Crippen LogP contribution in [0.2, 0.25) is 0 Å². The standard InChI is InChI=1S/C19H19NO2/c1-13-10-14(4-7-19(13)22-3)11-15-8-9-20-18-12-16(21-2)5-6-17(15)18/h4-10,12H,11H2,1-3H3. The van der Waals surface area contributed by atoms with Crippen molar-refractivity contribution in [1.29, 1.82) is 0 Å². The molecule has 1 heterocycles. The number of aryl methyl sites for hydroxylation is 1. The van der Waals surface area contributed by atoms with Crippen molar-refractivity contribution >= 4 is 10.9 Å². The van der Waals surface area contributed by atoms with E-state index in [0.29, 0.717) is 0 Å². The van der Waals surface area contributed by atoms with Crippen LogP contribution in [0.3, 0.4) is 0 Å². The molecule has 3 nitrogen and oxygen atoms in total. The summed E-state index contributed by atoms with van der Waals surface area (Å²) in [6, 6.07) is 14.4. The Kier molecular flexibility index (Phi) is 3.96. The second-order valence-electron chi connectivity index (χ2n) is 5.33. The van der Waals surface area contributed by atoms with E-state index in [1.807, 2.05) is 24.4 Å². The van der Waals surface area contributed by atoms with Gasteiger partial charge < -0.3 is 9.47 Å². The number of fused-ring (bicyclic) bond motifs is 1. The van der Waals surface area contributed by atoms with E-state index in [1.165, 1.54) is 11.1 Å². The van der Waals surface area contributed by atoms with Crippen LogP contribution >= 0.6 is 0 Å². The average molecular weight is 293 g/mol. The smallest absolute Gasteiger partial charge is 0.121 e. The number of hydrogen-bond donors (Lipinski definition) is 0. The topological polar surface area (TPSA) is 31.4 Å². The summed E-state index contributed by atoms with van der Waals surface area (Å²) in [7, 11) is 3.37. The molecule has 0 N–H and O–H groups in total. The average Bonchev–Trinajstić information content (AvgIpc) is 2.55. The van der Waals surface area contributed by atoms with E-state index < -0.39 is 0 Å². The van der Waals surface area contributed by atoms with Crippen LogP contribution in [-0.2, 0) is 6.42 Å². The lowest BCUT2D eigenvalue weighted by Crippen LogP contribution is -1.94. The molecule has 0 saturated heterocycles. The summed E-state index contributed by atoms with van der Waals surface area (Å²) in [6.07, 6.45) is 2.73. The van der Waals surface area contributed by atoms with E-state index in [2.05, 4.69) is 36.2 Å². The fraction of sp³-hybridized carbons (Fsp3) is 0.211. The van der Waals surface area contributed by atoms with Gasteiger partial charge in [0.25, 0.3) is 0 Å². The third kappa shape index (κ3) is 2.75. The Morgan fingerprint density at radius 3 is 2.55 bits per heavy atom. The Hall–Kier alpha value is -2.55. The van der Waals surface area contributed by atoms with Gasteiger partial charge >= 0.3 is 0 Å². The van der Waals surface area contributed by atoms with Gasteiger partial charge in [0.15, 0.2) is 0 Å². The number of rotatable bonds is 4. The van der Waals surface area contributed by atoms with Crippen molar-refractivity contribution < 1.29 is 9.47 Å². The van der Waals surface area contributed by atoms with Gasteiger partial charge in [-0.25, -0.2) is 0 Å². The monoisotopic (exact) mass is 293 g/mol. The van der Waals surface area contributed by atoms with Gasteiger partial charge in [0.05, 0.1) is 19.7 Å². The molecule has 112 valence electrons. The summed E-state index contributed by atoms with van der Waals surface area (Å²) >= 11 is 0. The van der Waals surface area contributed by atoms with Crippen LogP contribution < -0.4 is 9.47 Å². The molecule has 0 spiro atoms. The zero-order valence-corrected chi connectivity index (χ0v) is 13.1. The molecule has 3 heteroatoms. The van der Waals surface area contributed by atoms with Gasteiger partial charge in [-0.15, -0.1) is 0 Å². The SMILES string of the molecule is COc1ccc2c(Cc3ccc(OC)c(C)c3)ccnc2c1. The van der Waals surface area contributed by atoms with Crippen LogP contribution in [0.1, 0.15) is 16.7 Å². The van der Waals surface area contributed by atoms with E-state index in [0.717, 1.165) is 34.4 Å². The Labute approximate surface area is 130 Å². The molecule has 0 aliphatic carbocycles. The summed E-state index contributed by atoms with van der Waals surface area (Å²) in [5.41, 5.74) is 4.64. The minimum absolute atomic E-state index is 0.831. The van der Waals surface area contributed by atoms with E-state index >= 15 is 0 Å². The molecular weight excluding hydrogens is 274 g/mol. The summed E-state index contributed by atoms with van der Waals surface area (Å²) in [5.74, 6) is 1.76. The summed E-state index contributed by atoms with van der Waals surface area (Å²) in [5, 5.41) is 1.16. The molecule has 0 fully saturated rings. The highest BCUT2D eigenvalue weighted by Gasteiger charge is 2.06. The van der Waals surface area contributed by atoms with Gasteiger partial charge in [0, 0.05) is 17.6 Å². The van der Waals surface area contributed by atoms with Crippen molar-refractivity contribution in [3.05, 3.63) is 65.4 Å². The molecule has 0 unspecified atom stereocenters. The molecular formula is C19H19NO2. The molecule has 22 heavy (non-hydrogen) atoms. The highest BCUT2D eigenvalue weighted by atomic mass is 16.5. The minimum Gasteiger partial charge on any atom is -0.497 e. The maximum Gasteiger partial charge on any atom is 0.121 e. The summed E-state index contributed by atoms with van der Waals surface area (Å²) in [4.78, 5) is 4.44. The summed E-state index contributed by atoms with van der Waals surface area (Å²) in [6.45, 7) is 2.07. The third-order valence-corrected chi connectivity index (χ3v) is 3.89. The van der Waals surface area contributed by atoms with Gasteiger partial charge in [-0.05, 0) is 54.3 Å². The molecule has 2 aromatic carbocycles. The molecule has 3 rings (SSSR count). The number of ether oxygens (including phenoxy) is 2. The number of methoxy groups -OCH3 is 2. The Bertz CT molecular complexity index is 812. The van der Waals surface area contributed by atoms with Crippen LogP contribution in [-0.4, -0.2) is 19.2 Å². The Morgan fingerprint density at radius 2 is 1.82 bits per heavy atom. The summed E-state index contributed by atoms with van der Waals surface area (Å²) < 4.78 is 10.6. The lowest BCUT2D eigenvalue weighted by molar-refractivity contribution is 0.411. The van der Waals surface area contributed by atoms with Crippen LogP contribution in [0.15, 0.2) is 48.7 Å². The normalized spacial score (nSPS) is 10.7. The number of pyridine rings is 1.